The molecule has 17 heavy (non-hydrogen) atoms. The van der Waals surface area contributed by atoms with Crippen molar-refractivity contribution >= 4 is 0 Å². The third-order valence-corrected chi connectivity index (χ3v) is 3.14. The van der Waals surface area contributed by atoms with E-state index in [1.54, 1.807) is 0 Å². The first-order valence-electron chi connectivity index (χ1n) is 6.03. The topological polar surface area (TPSA) is 43.8 Å². The van der Waals surface area contributed by atoms with Crippen LogP contribution in [-0.2, 0) is 0 Å². The molecule has 3 nitrogen and oxygen atoms in total. The van der Waals surface area contributed by atoms with Crippen molar-refractivity contribution in [3.8, 4) is 5.69 Å². The zero-order valence-electron chi connectivity index (χ0n) is 10.4. The molecular weight excluding hydrogens is 210 g/mol. The number of rotatable bonds is 4. The van der Waals surface area contributed by atoms with Gasteiger partial charge in [0, 0.05) is 11.9 Å². The Kier molecular flexibility index (Phi) is 3.59. The minimum absolute atomic E-state index is 0.521. The molecule has 0 bridgehead atoms. The van der Waals surface area contributed by atoms with Crippen molar-refractivity contribution in [2.24, 2.45) is 5.73 Å². The van der Waals surface area contributed by atoms with Gasteiger partial charge >= 0.3 is 0 Å². The van der Waals surface area contributed by atoms with Crippen molar-refractivity contribution in [1.82, 2.24) is 9.78 Å². The summed E-state index contributed by atoms with van der Waals surface area (Å²) in [5, 5.41) is 4.29. The second-order valence-electron chi connectivity index (χ2n) is 4.45. The van der Waals surface area contributed by atoms with Gasteiger partial charge in [0.25, 0.3) is 0 Å². The van der Waals surface area contributed by atoms with Gasteiger partial charge in [-0.1, -0.05) is 19.1 Å². The Bertz CT molecular complexity index is 470. The Morgan fingerprint density at radius 2 is 1.94 bits per heavy atom. The van der Waals surface area contributed by atoms with E-state index < -0.39 is 0 Å². The monoisotopic (exact) mass is 229 g/mol. The molecule has 2 N–H and O–H groups in total. The molecule has 1 unspecified atom stereocenters. The molecule has 0 saturated carbocycles. The molecule has 0 saturated heterocycles. The zero-order valence-corrected chi connectivity index (χ0v) is 10.4. The molecule has 0 fully saturated rings. The average Bonchev–Trinajstić information content (AvgIpc) is 2.76. The van der Waals surface area contributed by atoms with Gasteiger partial charge in [0.05, 0.1) is 5.69 Å². The summed E-state index contributed by atoms with van der Waals surface area (Å²) in [7, 11) is 0. The van der Waals surface area contributed by atoms with Gasteiger partial charge in [-0.3, -0.25) is 0 Å². The van der Waals surface area contributed by atoms with Crippen molar-refractivity contribution in [1.29, 1.82) is 0 Å². The van der Waals surface area contributed by atoms with Crippen LogP contribution in [0.15, 0.2) is 36.5 Å². The number of nitrogens with zero attached hydrogens (tertiary/aromatic N) is 2. The largest absolute Gasteiger partial charge is 0.330 e. The molecule has 0 aliphatic heterocycles. The van der Waals surface area contributed by atoms with Gasteiger partial charge < -0.3 is 5.73 Å². The molecule has 0 amide bonds. The molecule has 1 aromatic heterocycles. The van der Waals surface area contributed by atoms with Gasteiger partial charge in [0.1, 0.15) is 0 Å². The van der Waals surface area contributed by atoms with Crippen molar-refractivity contribution in [2.75, 3.05) is 6.54 Å². The predicted molar refractivity (Wildman–Crippen MR) is 70.4 cm³/mol. The summed E-state index contributed by atoms with van der Waals surface area (Å²) in [6.45, 7) is 5.00. The molecule has 3 heteroatoms. The molecular formula is C14H19N3. The Morgan fingerprint density at radius 1 is 1.24 bits per heavy atom. The van der Waals surface area contributed by atoms with Crippen molar-refractivity contribution in [3.63, 3.8) is 0 Å². The summed E-state index contributed by atoms with van der Waals surface area (Å²) in [5.74, 6) is 0.521. The van der Waals surface area contributed by atoms with E-state index in [0.717, 1.165) is 24.3 Å². The minimum atomic E-state index is 0.521. The highest BCUT2D eigenvalue weighted by Gasteiger charge is 2.05. The highest BCUT2D eigenvalue weighted by Crippen LogP contribution is 2.20. The fourth-order valence-electron chi connectivity index (χ4n) is 2.00. The van der Waals surface area contributed by atoms with E-state index in [9.17, 15) is 0 Å². The van der Waals surface area contributed by atoms with E-state index in [0.29, 0.717) is 5.92 Å². The van der Waals surface area contributed by atoms with Crippen LogP contribution >= 0.6 is 0 Å². The van der Waals surface area contributed by atoms with Crippen LogP contribution in [0.1, 0.15) is 30.5 Å². The zero-order chi connectivity index (χ0) is 12.3. The summed E-state index contributed by atoms with van der Waals surface area (Å²) in [5.41, 5.74) is 9.17. The van der Waals surface area contributed by atoms with Crippen LogP contribution in [0.2, 0.25) is 0 Å². The number of aryl methyl sites for hydroxylation is 1. The van der Waals surface area contributed by atoms with Gasteiger partial charge in [-0.05, 0) is 49.6 Å². The molecule has 2 rings (SSSR count). The van der Waals surface area contributed by atoms with E-state index in [4.69, 9.17) is 5.73 Å². The lowest BCUT2D eigenvalue weighted by molar-refractivity contribution is 0.689. The number of hydrogen-bond acceptors (Lipinski definition) is 2. The number of nitrogens with two attached hydrogens (primary N) is 1. The molecule has 1 aromatic carbocycles. The quantitative estimate of drug-likeness (QED) is 0.875. The van der Waals surface area contributed by atoms with E-state index in [1.807, 2.05) is 16.9 Å². The summed E-state index contributed by atoms with van der Waals surface area (Å²) in [6, 6.07) is 10.6. The third-order valence-electron chi connectivity index (χ3n) is 3.14. The van der Waals surface area contributed by atoms with E-state index in [1.165, 1.54) is 5.56 Å². The first kappa shape index (κ1) is 11.9. The predicted octanol–water partition coefficient (Wildman–Crippen LogP) is 2.63. The Labute approximate surface area is 102 Å². The standard InChI is InChI=1S/C14H19N3/c1-11(7-9-15)13-3-5-14(6-4-13)17-12(2)8-10-16-17/h3-6,8,10-11H,7,9,15H2,1-2H3. The van der Waals surface area contributed by atoms with Crippen LogP contribution in [-0.4, -0.2) is 16.3 Å². The molecule has 1 atom stereocenters. The highest BCUT2D eigenvalue weighted by molar-refractivity contribution is 5.36. The van der Waals surface area contributed by atoms with Crippen molar-refractivity contribution in [2.45, 2.75) is 26.2 Å². The van der Waals surface area contributed by atoms with Gasteiger partial charge in [-0.2, -0.15) is 5.10 Å². The summed E-state index contributed by atoms with van der Waals surface area (Å²) < 4.78 is 1.94. The van der Waals surface area contributed by atoms with Gasteiger partial charge in [-0.25, -0.2) is 4.68 Å². The van der Waals surface area contributed by atoms with Gasteiger partial charge in [0.2, 0.25) is 0 Å². The van der Waals surface area contributed by atoms with Crippen molar-refractivity contribution in [3.05, 3.63) is 47.8 Å². The summed E-state index contributed by atoms with van der Waals surface area (Å²) in [6.07, 6.45) is 2.85. The maximum Gasteiger partial charge on any atom is 0.0648 e. The van der Waals surface area contributed by atoms with Crippen molar-refractivity contribution < 1.29 is 0 Å². The third kappa shape index (κ3) is 2.56. The molecule has 90 valence electrons. The number of aromatic nitrogens is 2. The van der Waals surface area contributed by atoms with E-state index in [-0.39, 0.29) is 0 Å². The van der Waals surface area contributed by atoms with Gasteiger partial charge in [-0.15, -0.1) is 0 Å². The highest BCUT2D eigenvalue weighted by atomic mass is 15.3. The van der Waals surface area contributed by atoms with Crippen LogP contribution in [0.3, 0.4) is 0 Å². The van der Waals surface area contributed by atoms with Crippen LogP contribution in [0.5, 0.6) is 0 Å². The maximum absolute atomic E-state index is 5.58. The lowest BCUT2D eigenvalue weighted by Crippen LogP contribution is -2.05. The van der Waals surface area contributed by atoms with Crippen LogP contribution < -0.4 is 5.73 Å². The normalized spacial score (nSPS) is 12.6. The SMILES string of the molecule is Cc1ccnn1-c1ccc(C(C)CCN)cc1. The minimum Gasteiger partial charge on any atom is -0.330 e. The lowest BCUT2D eigenvalue weighted by atomic mass is 9.98. The van der Waals surface area contributed by atoms with Crippen LogP contribution in [0, 0.1) is 6.92 Å². The summed E-state index contributed by atoms with van der Waals surface area (Å²) in [4.78, 5) is 0. The molecule has 0 radical (unpaired) electrons. The molecule has 0 aliphatic rings. The second-order valence-corrected chi connectivity index (χ2v) is 4.45. The molecule has 2 aromatic rings. The molecule has 1 heterocycles. The Morgan fingerprint density at radius 3 is 2.47 bits per heavy atom. The Balaban J connectivity index is 2.21. The first-order chi connectivity index (χ1) is 8.22. The maximum atomic E-state index is 5.58. The molecule has 0 spiro atoms. The first-order valence-corrected chi connectivity index (χ1v) is 6.03. The smallest absolute Gasteiger partial charge is 0.0648 e. The molecule has 0 aliphatic carbocycles. The Hall–Kier alpha value is -1.61. The van der Waals surface area contributed by atoms with Crippen LogP contribution in [0.4, 0.5) is 0 Å². The summed E-state index contributed by atoms with van der Waals surface area (Å²) >= 11 is 0. The average molecular weight is 229 g/mol. The second kappa shape index (κ2) is 5.15. The number of benzene rings is 1. The fraction of sp³-hybridized carbons (Fsp3) is 0.357. The lowest BCUT2D eigenvalue weighted by Gasteiger charge is -2.11. The van der Waals surface area contributed by atoms with Crippen LogP contribution in [0.25, 0.3) is 5.69 Å². The van der Waals surface area contributed by atoms with E-state index in [2.05, 4.69) is 43.2 Å². The number of hydrogen-bond donors (Lipinski definition) is 1. The fourth-order valence-corrected chi connectivity index (χ4v) is 2.00. The van der Waals surface area contributed by atoms with E-state index >= 15 is 0 Å². The van der Waals surface area contributed by atoms with Gasteiger partial charge in [0.15, 0.2) is 0 Å².